The second-order valence-corrected chi connectivity index (χ2v) is 16.7. The Hall–Kier alpha value is -0.136. The summed E-state index contributed by atoms with van der Waals surface area (Å²) in [6, 6.07) is 0. The Kier molecular flexibility index (Phi) is 4.97. The van der Waals surface area contributed by atoms with E-state index in [4.69, 9.17) is 4.43 Å². The van der Waals surface area contributed by atoms with Gasteiger partial charge < -0.3 is 9.53 Å². The van der Waals surface area contributed by atoms with Crippen molar-refractivity contribution in [2.45, 2.75) is 57.7 Å². The molecule has 0 aliphatic heterocycles. The fourth-order valence-corrected chi connectivity index (χ4v) is 3.57. The first-order valence-corrected chi connectivity index (χ1v) is 12.7. The first-order valence-electron chi connectivity index (χ1n) is 5.77. The molecule has 3 nitrogen and oxygen atoms in total. The average molecular weight is 262 g/mol. The molecular weight excluding hydrogens is 236 g/mol. The summed E-state index contributed by atoms with van der Waals surface area (Å²) in [5, 5.41) is 8.80. The molecule has 0 heterocycles. The normalized spacial score (nSPS) is 16.9. The highest BCUT2D eigenvalue weighted by Crippen LogP contribution is 2.41. The zero-order valence-corrected chi connectivity index (χ0v) is 13.7. The number of hydrogen-bond acceptors (Lipinski definition) is 2. The summed E-state index contributed by atoms with van der Waals surface area (Å²) in [6.45, 7) is 15.1. The molecule has 0 radical (unpaired) electrons. The van der Waals surface area contributed by atoms with Gasteiger partial charge in [0.1, 0.15) is 0 Å². The Morgan fingerprint density at radius 1 is 1.19 bits per heavy atom. The van der Waals surface area contributed by atoms with Crippen molar-refractivity contribution in [3.63, 3.8) is 0 Å². The minimum Gasteiger partial charge on any atom is -0.481 e. The highest BCUT2D eigenvalue weighted by molar-refractivity contribution is 6.82. The molecule has 1 atom stereocenters. The van der Waals surface area contributed by atoms with E-state index >= 15 is 0 Å². The van der Waals surface area contributed by atoms with Gasteiger partial charge in [0, 0.05) is 6.61 Å². The summed E-state index contributed by atoms with van der Waals surface area (Å²) in [6.07, 6.45) is 0.627. The molecule has 1 unspecified atom stereocenters. The lowest BCUT2D eigenvalue weighted by atomic mass is 10.1. The van der Waals surface area contributed by atoms with Crippen LogP contribution in [0.4, 0.5) is 0 Å². The van der Waals surface area contributed by atoms with Gasteiger partial charge in [0.15, 0.2) is 8.32 Å². The summed E-state index contributed by atoms with van der Waals surface area (Å²) < 4.78 is 5.77. The van der Waals surface area contributed by atoms with Crippen molar-refractivity contribution in [2.24, 2.45) is 0 Å². The lowest BCUT2D eigenvalue weighted by molar-refractivity contribution is -0.140. The van der Waals surface area contributed by atoms with E-state index in [1.807, 2.05) is 6.92 Å². The summed E-state index contributed by atoms with van der Waals surface area (Å²) >= 11 is 0. The van der Waals surface area contributed by atoms with Gasteiger partial charge in [-0.15, -0.1) is 0 Å². The highest BCUT2D eigenvalue weighted by Gasteiger charge is 2.45. The number of carboxylic acid groups (broad SMARTS) is 1. The molecule has 0 spiro atoms. The van der Waals surface area contributed by atoms with Crippen molar-refractivity contribution in [2.75, 3.05) is 6.61 Å². The van der Waals surface area contributed by atoms with Crippen molar-refractivity contribution in [1.29, 1.82) is 0 Å². The lowest BCUT2D eigenvalue weighted by Crippen LogP contribution is -2.44. The molecule has 1 N–H and O–H groups in total. The third kappa shape index (κ3) is 4.39. The van der Waals surface area contributed by atoms with Crippen LogP contribution in [0.15, 0.2) is 0 Å². The van der Waals surface area contributed by atoms with Crippen molar-refractivity contribution in [3.8, 4) is 0 Å². The van der Waals surface area contributed by atoms with Gasteiger partial charge >= 0.3 is 5.97 Å². The molecule has 16 heavy (non-hydrogen) atoms. The number of carboxylic acids is 1. The summed E-state index contributed by atoms with van der Waals surface area (Å²) in [4.78, 5) is 11.4. The fourth-order valence-electron chi connectivity index (χ4n) is 1.36. The van der Waals surface area contributed by atoms with Gasteiger partial charge in [-0.3, -0.25) is 4.79 Å². The van der Waals surface area contributed by atoms with Crippen LogP contribution in [-0.4, -0.2) is 34.1 Å². The van der Waals surface area contributed by atoms with Crippen LogP contribution in [0.1, 0.15) is 13.3 Å². The van der Waals surface area contributed by atoms with E-state index in [-0.39, 0.29) is 0 Å². The second kappa shape index (κ2) is 5.02. The monoisotopic (exact) mass is 262 g/mol. The number of hydrogen-bond donors (Lipinski definition) is 1. The van der Waals surface area contributed by atoms with Crippen LogP contribution in [0.5, 0.6) is 0 Å². The Labute approximate surface area is 101 Å². The molecule has 0 aromatic rings. The van der Waals surface area contributed by atoms with E-state index in [1.54, 1.807) is 0 Å². The lowest BCUT2D eigenvalue weighted by Gasteiger charge is -2.37. The smallest absolute Gasteiger partial charge is 0.306 e. The van der Waals surface area contributed by atoms with Crippen LogP contribution in [0.2, 0.25) is 44.3 Å². The minimum absolute atomic E-state index is 0.572. The van der Waals surface area contributed by atoms with Crippen LogP contribution in [0.3, 0.4) is 0 Å². The van der Waals surface area contributed by atoms with Crippen molar-refractivity contribution < 1.29 is 14.3 Å². The molecule has 0 aromatic carbocycles. The van der Waals surface area contributed by atoms with Crippen molar-refractivity contribution >= 4 is 22.4 Å². The third-order valence-electron chi connectivity index (χ3n) is 3.26. The Balaban J connectivity index is 4.55. The van der Waals surface area contributed by atoms with E-state index in [0.29, 0.717) is 13.0 Å². The molecule has 0 amide bonds. The molecular formula is C11H26O3Si2. The fraction of sp³-hybridized carbons (Fsp3) is 0.909. The second-order valence-electron chi connectivity index (χ2n) is 6.60. The van der Waals surface area contributed by atoms with Gasteiger partial charge in [0.05, 0.1) is 13.1 Å². The first kappa shape index (κ1) is 15.9. The summed E-state index contributed by atoms with van der Waals surface area (Å²) in [5.74, 6) is -0.675. The van der Waals surface area contributed by atoms with Crippen molar-refractivity contribution in [3.05, 3.63) is 0 Å². The number of aliphatic carboxylic acids is 1. The Morgan fingerprint density at radius 3 is 1.88 bits per heavy atom. The van der Waals surface area contributed by atoms with Crippen LogP contribution in [-0.2, 0) is 9.22 Å². The number of carbonyl (C=O) groups is 1. The molecule has 96 valence electrons. The summed E-state index contributed by atoms with van der Waals surface area (Å²) in [5.41, 5.74) is 0. The van der Waals surface area contributed by atoms with Crippen LogP contribution < -0.4 is 0 Å². The maximum atomic E-state index is 11.4. The van der Waals surface area contributed by atoms with E-state index < -0.39 is 27.4 Å². The minimum atomic E-state index is -1.73. The zero-order valence-electron chi connectivity index (χ0n) is 11.7. The SMILES string of the molecule is CC(CCO[Si](C)(C)C)(C(=O)O)[Si](C)(C)C. The van der Waals surface area contributed by atoms with Crippen molar-refractivity contribution in [1.82, 2.24) is 0 Å². The average Bonchev–Trinajstić information content (AvgIpc) is 1.98. The molecule has 0 aromatic heterocycles. The predicted molar refractivity (Wildman–Crippen MR) is 73.3 cm³/mol. The molecule has 0 aliphatic rings. The standard InChI is InChI=1S/C11H26O3Si2/c1-11(10(12)13,15(2,3)4)8-9-14-16(5,6)7/h8-9H2,1-7H3,(H,12,13). The van der Waals surface area contributed by atoms with Crippen LogP contribution >= 0.6 is 0 Å². The van der Waals surface area contributed by atoms with Crippen LogP contribution in [0.25, 0.3) is 0 Å². The van der Waals surface area contributed by atoms with E-state index in [2.05, 4.69) is 39.3 Å². The molecule has 0 bridgehead atoms. The molecule has 0 saturated carbocycles. The van der Waals surface area contributed by atoms with E-state index in [9.17, 15) is 9.90 Å². The highest BCUT2D eigenvalue weighted by atomic mass is 28.4. The molecule has 5 heteroatoms. The largest absolute Gasteiger partial charge is 0.481 e. The molecule has 0 aliphatic carbocycles. The Bertz CT molecular complexity index is 253. The van der Waals surface area contributed by atoms with Gasteiger partial charge in [-0.2, -0.15) is 0 Å². The molecule has 0 rings (SSSR count). The quantitative estimate of drug-likeness (QED) is 0.746. The van der Waals surface area contributed by atoms with Crippen LogP contribution in [0, 0.1) is 0 Å². The van der Waals surface area contributed by atoms with Gasteiger partial charge in [-0.05, 0) is 26.1 Å². The molecule has 0 saturated heterocycles. The van der Waals surface area contributed by atoms with Gasteiger partial charge in [-0.1, -0.05) is 26.6 Å². The van der Waals surface area contributed by atoms with E-state index in [1.165, 1.54) is 0 Å². The third-order valence-corrected chi connectivity index (χ3v) is 8.11. The van der Waals surface area contributed by atoms with Gasteiger partial charge in [0.25, 0.3) is 0 Å². The summed E-state index contributed by atoms with van der Waals surface area (Å²) in [7, 11) is -3.26. The first-order chi connectivity index (χ1) is 6.90. The maximum Gasteiger partial charge on any atom is 0.306 e. The predicted octanol–water partition coefficient (Wildman–Crippen LogP) is 3.41. The van der Waals surface area contributed by atoms with Gasteiger partial charge in [0.2, 0.25) is 0 Å². The number of rotatable bonds is 6. The zero-order chi connectivity index (χ0) is 13.2. The Morgan fingerprint density at radius 2 is 1.62 bits per heavy atom. The van der Waals surface area contributed by atoms with Gasteiger partial charge in [-0.25, -0.2) is 0 Å². The maximum absolute atomic E-state index is 11.4. The van der Waals surface area contributed by atoms with E-state index in [0.717, 1.165) is 0 Å². The topological polar surface area (TPSA) is 46.5 Å². The molecule has 0 fully saturated rings.